The standard InChI is InChI=1S/C27H21N3O2S2/c1-18-9-8-12-20(15-18)28-24(31)17-33-27-29-25-22(16-23(34-25)19-10-4-2-5-11-19)26(32)30(27)21-13-6-3-7-14-21/h2-16H,17H2,1H3,(H,28,31). The zero-order chi connectivity index (χ0) is 23.5. The molecule has 1 N–H and O–H groups in total. The van der Waals surface area contributed by atoms with Gasteiger partial charge in [0.05, 0.1) is 16.8 Å². The monoisotopic (exact) mass is 483 g/mol. The Kier molecular flexibility index (Phi) is 6.29. The summed E-state index contributed by atoms with van der Waals surface area (Å²) in [5.74, 6) is -0.0176. The molecule has 5 aromatic rings. The summed E-state index contributed by atoms with van der Waals surface area (Å²) in [5, 5.41) is 3.98. The van der Waals surface area contributed by atoms with Crippen molar-refractivity contribution in [2.24, 2.45) is 0 Å². The molecule has 0 saturated heterocycles. The average molecular weight is 484 g/mol. The van der Waals surface area contributed by atoms with E-state index < -0.39 is 0 Å². The van der Waals surface area contributed by atoms with Crippen LogP contribution in [0.2, 0.25) is 0 Å². The van der Waals surface area contributed by atoms with E-state index in [9.17, 15) is 9.59 Å². The second-order valence-corrected chi connectivity index (χ2v) is 9.75. The first-order valence-electron chi connectivity index (χ1n) is 10.8. The number of para-hydroxylation sites is 1. The summed E-state index contributed by atoms with van der Waals surface area (Å²) in [5.41, 5.74) is 3.44. The van der Waals surface area contributed by atoms with Gasteiger partial charge in [0.1, 0.15) is 4.83 Å². The number of aryl methyl sites for hydroxylation is 1. The highest BCUT2D eigenvalue weighted by Crippen LogP contribution is 2.32. The van der Waals surface area contributed by atoms with E-state index in [-0.39, 0.29) is 17.2 Å². The zero-order valence-corrected chi connectivity index (χ0v) is 20.0. The van der Waals surface area contributed by atoms with Crippen LogP contribution in [0.5, 0.6) is 0 Å². The number of thioether (sulfide) groups is 1. The summed E-state index contributed by atoms with van der Waals surface area (Å²) >= 11 is 2.74. The molecule has 0 aliphatic rings. The maximum Gasteiger partial charge on any atom is 0.267 e. The second kappa shape index (κ2) is 9.67. The van der Waals surface area contributed by atoms with Gasteiger partial charge in [0.2, 0.25) is 5.91 Å². The first-order valence-corrected chi connectivity index (χ1v) is 12.6. The number of fused-ring (bicyclic) bond motifs is 1. The molecule has 3 aromatic carbocycles. The van der Waals surface area contributed by atoms with Gasteiger partial charge in [-0.1, -0.05) is 72.4 Å². The maximum atomic E-state index is 13.6. The molecule has 0 radical (unpaired) electrons. The second-order valence-electron chi connectivity index (χ2n) is 7.77. The molecule has 2 heterocycles. The number of rotatable bonds is 6. The highest BCUT2D eigenvalue weighted by Gasteiger charge is 2.17. The first kappa shape index (κ1) is 22.1. The maximum absolute atomic E-state index is 13.6. The van der Waals surface area contributed by atoms with Crippen LogP contribution in [0, 0.1) is 6.92 Å². The van der Waals surface area contributed by atoms with Crippen LogP contribution in [0.4, 0.5) is 5.69 Å². The van der Waals surface area contributed by atoms with E-state index in [2.05, 4.69) is 5.32 Å². The van der Waals surface area contributed by atoms with Gasteiger partial charge in [-0.05, 0) is 48.4 Å². The summed E-state index contributed by atoms with van der Waals surface area (Å²) in [7, 11) is 0. The van der Waals surface area contributed by atoms with Crippen molar-refractivity contribution in [3.63, 3.8) is 0 Å². The Morgan fingerprint density at radius 3 is 2.44 bits per heavy atom. The lowest BCUT2D eigenvalue weighted by Crippen LogP contribution is -2.22. The Labute approximate surface area is 205 Å². The van der Waals surface area contributed by atoms with Crippen molar-refractivity contribution in [3.8, 4) is 16.1 Å². The summed E-state index contributed by atoms with van der Waals surface area (Å²) < 4.78 is 1.59. The third kappa shape index (κ3) is 4.66. The molecule has 5 nitrogen and oxygen atoms in total. The Bertz CT molecular complexity index is 1530. The number of aromatic nitrogens is 2. The number of thiophene rings is 1. The van der Waals surface area contributed by atoms with Crippen molar-refractivity contribution >= 4 is 44.9 Å². The molecule has 0 aliphatic carbocycles. The van der Waals surface area contributed by atoms with Gasteiger partial charge in [0.15, 0.2) is 5.16 Å². The summed E-state index contributed by atoms with van der Waals surface area (Å²) in [6.07, 6.45) is 0. The minimum absolute atomic E-state index is 0.135. The number of anilines is 1. The van der Waals surface area contributed by atoms with E-state index in [4.69, 9.17) is 4.98 Å². The number of benzene rings is 3. The molecule has 5 rings (SSSR count). The van der Waals surface area contributed by atoms with Gasteiger partial charge in [-0.15, -0.1) is 11.3 Å². The number of hydrogen-bond acceptors (Lipinski definition) is 5. The molecular formula is C27H21N3O2S2. The lowest BCUT2D eigenvalue weighted by molar-refractivity contribution is -0.113. The van der Waals surface area contributed by atoms with Crippen LogP contribution in [0.15, 0.2) is 101 Å². The molecule has 0 fully saturated rings. The van der Waals surface area contributed by atoms with Gasteiger partial charge >= 0.3 is 0 Å². The molecule has 0 atom stereocenters. The van der Waals surface area contributed by atoms with E-state index in [1.165, 1.54) is 23.1 Å². The normalized spacial score (nSPS) is 11.0. The fourth-order valence-electron chi connectivity index (χ4n) is 3.66. The number of nitrogens with zero attached hydrogens (tertiary/aromatic N) is 2. The van der Waals surface area contributed by atoms with Crippen molar-refractivity contribution < 1.29 is 4.79 Å². The van der Waals surface area contributed by atoms with E-state index in [1.807, 2.05) is 97.9 Å². The van der Waals surface area contributed by atoms with Crippen LogP contribution in [0.1, 0.15) is 5.56 Å². The van der Waals surface area contributed by atoms with Crippen molar-refractivity contribution in [1.29, 1.82) is 0 Å². The third-order valence-electron chi connectivity index (χ3n) is 5.24. The number of carbonyl (C=O) groups is 1. The molecule has 0 saturated carbocycles. The largest absolute Gasteiger partial charge is 0.325 e. The van der Waals surface area contributed by atoms with Gasteiger partial charge in [-0.25, -0.2) is 4.98 Å². The number of amides is 1. The van der Waals surface area contributed by atoms with Crippen LogP contribution in [0.25, 0.3) is 26.3 Å². The SMILES string of the molecule is Cc1cccc(NC(=O)CSc2nc3sc(-c4ccccc4)cc3c(=O)n2-c2ccccc2)c1. The Morgan fingerprint density at radius 2 is 1.71 bits per heavy atom. The summed E-state index contributed by atoms with van der Waals surface area (Å²) in [6, 6.07) is 28.9. The molecule has 2 aromatic heterocycles. The Morgan fingerprint density at radius 1 is 0.971 bits per heavy atom. The molecule has 34 heavy (non-hydrogen) atoms. The molecule has 0 aliphatic heterocycles. The number of hydrogen-bond donors (Lipinski definition) is 1. The molecule has 1 amide bonds. The van der Waals surface area contributed by atoms with Crippen molar-refractivity contribution in [2.75, 3.05) is 11.1 Å². The lowest BCUT2D eigenvalue weighted by Gasteiger charge is -2.12. The molecule has 0 unspecified atom stereocenters. The summed E-state index contributed by atoms with van der Waals surface area (Å²) in [6.45, 7) is 1.98. The van der Waals surface area contributed by atoms with Crippen LogP contribution >= 0.6 is 23.1 Å². The van der Waals surface area contributed by atoms with Crippen molar-refractivity contribution in [1.82, 2.24) is 9.55 Å². The lowest BCUT2D eigenvalue weighted by atomic mass is 10.2. The molecule has 0 spiro atoms. The Hall–Kier alpha value is -3.68. The molecule has 168 valence electrons. The smallest absolute Gasteiger partial charge is 0.267 e. The van der Waals surface area contributed by atoms with Gasteiger partial charge < -0.3 is 5.32 Å². The predicted molar refractivity (Wildman–Crippen MR) is 141 cm³/mol. The molecular weight excluding hydrogens is 462 g/mol. The zero-order valence-electron chi connectivity index (χ0n) is 18.4. The Balaban J connectivity index is 1.51. The van der Waals surface area contributed by atoms with Crippen molar-refractivity contribution in [3.05, 3.63) is 107 Å². The van der Waals surface area contributed by atoms with E-state index in [0.717, 1.165) is 27.4 Å². The van der Waals surface area contributed by atoms with Crippen LogP contribution in [-0.2, 0) is 4.79 Å². The van der Waals surface area contributed by atoms with E-state index in [1.54, 1.807) is 4.57 Å². The first-order chi connectivity index (χ1) is 16.6. The highest BCUT2D eigenvalue weighted by atomic mass is 32.2. The minimum atomic E-state index is -0.152. The van der Waals surface area contributed by atoms with E-state index in [0.29, 0.717) is 15.4 Å². The van der Waals surface area contributed by atoms with Crippen molar-refractivity contribution in [2.45, 2.75) is 12.1 Å². The average Bonchev–Trinajstić information content (AvgIpc) is 3.29. The number of nitrogens with one attached hydrogen (secondary N) is 1. The van der Waals surface area contributed by atoms with Gasteiger partial charge in [-0.2, -0.15) is 0 Å². The molecule has 0 bridgehead atoms. The third-order valence-corrected chi connectivity index (χ3v) is 7.26. The fourth-order valence-corrected chi connectivity index (χ4v) is 5.55. The van der Waals surface area contributed by atoms with Crippen LogP contribution in [0.3, 0.4) is 0 Å². The van der Waals surface area contributed by atoms with Gasteiger partial charge in [0.25, 0.3) is 5.56 Å². The fraction of sp³-hybridized carbons (Fsp3) is 0.0741. The van der Waals surface area contributed by atoms with Gasteiger partial charge in [-0.3, -0.25) is 14.2 Å². The topological polar surface area (TPSA) is 64.0 Å². The minimum Gasteiger partial charge on any atom is -0.325 e. The predicted octanol–water partition coefficient (Wildman–Crippen LogP) is 6.15. The molecule has 7 heteroatoms. The highest BCUT2D eigenvalue weighted by molar-refractivity contribution is 7.99. The van der Waals surface area contributed by atoms with E-state index >= 15 is 0 Å². The quantitative estimate of drug-likeness (QED) is 0.232. The van der Waals surface area contributed by atoms with Crippen LogP contribution < -0.4 is 10.9 Å². The van der Waals surface area contributed by atoms with Gasteiger partial charge in [0, 0.05) is 10.6 Å². The number of carbonyl (C=O) groups excluding carboxylic acids is 1. The van der Waals surface area contributed by atoms with Crippen LogP contribution in [-0.4, -0.2) is 21.2 Å². The summed E-state index contributed by atoms with van der Waals surface area (Å²) in [4.78, 5) is 32.7.